The van der Waals surface area contributed by atoms with E-state index >= 15 is 0 Å². The molecule has 0 radical (unpaired) electrons. The van der Waals surface area contributed by atoms with Crippen LogP contribution in [-0.4, -0.2) is 57.9 Å². The lowest BCUT2D eigenvalue weighted by Gasteiger charge is -2.33. The summed E-state index contributed by atoms with van der Waals surface area (Å²) in [6.45, 7) is 1.34. The third-order valence-electron chi connectivity index (χ3n) is 5.80. The Morgan fingerprint density at radius 3 is 2.82 bits per heavy atom. The third-order valence-corrected chi connectivity index (χ3v) is 8.98. The summed E-state index contributed by atoms with van der Waals surface area (Å²) >= 11 is 4.95. The first-order chi connectivity index (χ1) is 15.8. The molecule has 1 unspecified atom stereocenters. The van der Waals surface area contributed by atoms with Crippen LogP contribution in [-0.2, 0) is 16.6 Å². The molecule has 1 aromatic carbocycles. The number of piperidine rings is 1. The van der Waals surface area contributed by atoms with Crippen LogP contribution in [0.2, 0.25) is 0 Å². The number of imidazole rings is 1. The summed E-state index contributed by atoms with van der Waals surface area (Å²) < 4.78 is 39.6. The van der Waals surface area contributed by atoms with Crippen LogP contribution in [0.5, 0.6) is 11.5 Å². The first-order valence-electron chi connectivity index (χ1n) is 10.5. The molecule has 0 aromatic heterocycles. The number of benzene rings is 1. The van der Waals surface area contributed by atoms with Crippen LogP contribution in [0.15, 0.2) is 33.0 Å². The minimum absolute atomic E-state index is 0.0322. The van der Waals surface area contributed by atoms with Crippen LogP contribution >= 0.6 is 27.7 Å². The average Bonchev–Trinajstić information content (AvgIpc) is 3.40. The standard InChI is InChI=1S/C20H23BrN6O4S2/c1-33(28,29)27-6-3-2-4-12(27)5-7-26-10-23-18(22)17-19(26)25-20(24-17)32-16-9-15-14(8-13(16)21)30-11-31-15/h8-10,12H,2-7,11,22H2,1H3. The predicted octanol–water partition coefficient (Wildman–Crippen LogP) is 3.21. The molecule has 1 fully saturated rings. The zero-order valence-electron chi connectivity index (χ0n) is 17.9. The Morgan fingerprint density at radius 1 is 1.24 bits per heavy atom. The summed E-state index contributed by atoms with van der Waals surface area (Å²) in [6.07, 6.45) is 6.37. The van der Waals surface area contributed by atoms with E-state index < -0.39 is 10.0 Å². The Balaban J connectivity index is 1.39. The first kappa shape index (κ1) is 22.7. The topological polar surface area (TPSA) is 125 Å². The number of ether oxygens (including phenoxy) is 2. The lowest BCUT2D eigenvalue weighted by molar-refractivity contribution is 0.174. The summed E-state index contributed by atoms with van der Waals surface area (Å²) in [6, 6.07) is 3.72. The van der Waals surface area contributed by atoms with Gasteiger partial charge in [0.25, 0.3) is 0 Å². The van der Waals surface area contributed by atoms with Crippen LogP contribution in [0, 0.1) is 0 Å². The van der Waals surface area contributed by atoms with Gasteiger partial charge in [0.05, 0.1) is 12.6 Å². The van der Waals surface area contributed by atoms with Crippen molar-refractivity contribution in [3.63, 3.8) is 0 Å². The molecule has 1 aromatic rings. The Kier molecular flexibility index (Phi) is 6.14. The van der Waals surface area contributed by atoms with Gasteiger partial charge < -0.3 is 19.8 Å². The molecule has 1 atom stereocenters. The van der Waals surface area contributed by atoms with Gasteiger partial charge in [-0.2, -0.15) is 4.31 Å². The second-order valence-electron chi connectivity index (χ2n) is 8.05. The highest BCUT2D eigenvalue weighted by atomic mass is 79.9. The number of aryl methyl sites for hydroxylation is 1. The van der Waals surface area contributed by atoms with Crippen molar-refractivity contribution in [3.05, 3.63) is 22.9 Å². The summed E-state index contributed by atoms with van der Waals surface area (Å²) in [5.41, 5.74) is 6.61. The van der Waals surface area contributed by atoms with Crippen molar-refractivity contribution in [1.82, 2.24) is 23.8 Å². The van der Waals surface area contributed by atoms with E-state index in [0.29, 0.717) is 53.5 Å². The second kappa shape index (κ2) is 8.93. The summed E-state index contributed by atoms with van der Waals surface area (Å²) in [4.78, 5) is 14.5. The van der Waals surface area contributed by atoms with Gasteiger partial charge in [-0.25, -0.2) is 23.4 Å². The van der Waals surface area contributed by atoms with E-state index in [2.05, 4.69) is 25.9 Å². The Labute approximate surface area is 204 Å². The van der Waals surface area contributed by atoms with Crippen molar-refractivity contribution < 1.29 is 17.9 Å². The first-order valence-corrected chi connectivity index (χ1v) is 14.0. The summed E-state index contributed by atoms with van der Waals surface area (Å²) in [5.74, 6) is 2.30. The molecule has 0 spiro atoms. The van der Waals surface area contributed by atoms with Crippen molar-refractivity contribution in [2.75, 3.05) is 25.3 Å². The monoisotopic (exact) mass is 554 g/mol. The molecule has 13 heteroatoms. The van der Waals surface area contributed by atoms with Gasteiger partial charge in [-0.05, 0) is 59.1 Å². The zero-order chi connectivity index (χ0) is 23.2. The van der Waals surface area contributed by atoms with Gasteiger partial charge >= 0.3 is 0 Å². The number of sulfonamides is 1. The van der Waals surface area contributed by atoms with E-state index in [1.807, 2.05) is 16.7 Å². The zero-order valence-corrected chi connectivity index (χ0v) is 21.1. The number of hydrogen-bond donors (Lipinski definition) is 1. The molecule has 0 aliphatic carbocycles. The minimum Gasteiger partial charge on any atom is -0.454 e. The largest absolute Gasteiger partial charge is 0.454 e. The minimum atomic E-state index is -3.23. The van der Waals surface area contributed by atoms with Gasteiger partial charge in [0.1, 0.15) is 0 Å². The summed E-state index contributed by atoms with van der Waals surface area (Å²) in [7, 11) is -3.23. The average molecular weight is 555 g/mol. The van der Waals surface area contributed by atoms with Crippen molar-refractivity contribution in [2.24, 2.45) is 0 Å². The number of nitrogens with two attached hydrogens (primary N) is 1. The number of nitrogens with zero attached hydrogens (tertiary/aromatic N) is 5. The summed E-state index contributed by atoms with van der Waals surface area (Å²) in [5, 5.41) is 0.536. The van der Waals surface area contributed by atoms with Crippen molar-refractivity contribution in [2.45, 2.75) is 48.3 Å². The lowest BCUT2D eigenvalue weighted by Crippen LogP contribution is -2.43. The van der Waals surface area contributed by atoms with E-state index in [4.69, 9.17) is 20.2 Å². The normalized spacial score (nSPS) is 18.8. The van der Waals surface area contributed by atoms with E-state index in [-0.39, 0.29) is 12.8 Å². The molecule has 0 amide bonds. The number of aromatic nitrogens is 4. The molecular formula is C20H23BrN6O4S2. The van der Waals surface area contributed by atoms with Gasteiger partial charge in [0.2, 0.25) is 16.8 Å². The predicted molar refractivity (Wildman–Crippen MR) is 127 cm³/mol. The molecule has 1 saturated heterocycles. The molecule has 5 rings (SSSR count). The third kappa shape index (κ3) is 4.63. The van der Waals surface area contributed by atoms with E-state index in [9.17, 15) is 8.42 Å². The number of halogens is 1. The van der Waals surface area contributed by atoms with Crippen LogP contribution in [0.25, 0.3) is 11.5 Å². The SMILES string of the molecule is CS(=O)(=O)N1CCCCC1CCn1cnc(N)c2nc(Sc3cc4c(cc3Br)OCO4)nc1-2. The van der Waals surface area contributed by atoms with Crippen LogP contribution in [0.4, 0.5) is 5.82 Å². The van der Waals surface area contributed by atoms with Gasteiger partial charge in [-0.15, -0.1) is 0 Å². The number of rotatable bonds is 6. The van der Waals surface area contributed by atoms with Crippen molar-refractivity contribution in [1.29, 1.82) is 0 Å². The molecule has 176 valence electrons. The molecule has 33 heavy (non-hydrogen) atoms. The number of anilines is 1. The van der Waals surface area contributed by atoms with Gasteiger partial charge in [-0.1, -0.05) is 6.42 Å². The highest BCUT2D eigenvalue weighted by Crippen LogP contribution is 2.43. The van der Waals surface area contributed by atoms with E-state index in [1.54, 1.807) is 10.6 Å². The number of fused-ring (bicyclic) bond motifs is 2. The van der Waals surface area contributed by atoms with Crippen molar-refractivity contribution in [3.8, 4) is 23.0 Å². The smallest absolute Gasteiger partial charge is 0.231 e. The highest BCUT2D eigenvalue weighted by Gasteiger charge is 2.29. The fourth-order valence-electron chi connectivity index (χ4n) is 4.21. The molecule has 4 aliphatic rings. The Morgan fingerprint density at radius 2 is 2.03 bits per heavy atom. The Hall–Kier alpha value is -2.09. The van der Waals surface area contributed by atoms with E-state index in [0.717, 1.165) is 28.6 Å². The van der Waals surface area contributed by atoms with Crippen LogP contribution in [0.3, 0.4) is 0 Å². The lowest BCUT2D eigenvalue weighted by atomic mass is 10.0. The van der Waals surface area contributed by atoms with Gasteiger partial charge in [-0.3, -0.25) is 0 Å². The van der Waals surface area contributed by atoms with Gasteiger partial charge in [0.15, 0.2) is 34.0 Å². The molecule has 4 aliphatic heterocycles. The van der Waals surface area contributed by atoms with Crippen molar-refractivity contribution >= 4 is 43.5 Å². The fraction of sp³-hybridized carbons (Fsp3) is 0.450. The molecule has 0 bridgehead atoms. The maximum Gasteiger partial charge on any atom is 0.231 e. The molecule has 4 heterocycles. The van der Waals surface area contributed by atoms with E-state index in [1.165, 1.54) is 18.0 Å². The molecule has 0 saturated carbocycles. The van der Waals surface area contributed by atoms with Gasteiger partial charge in [0, 0.05) is 28.5 Å². The number of nitrogen functional groups attached to an aromatic ring is 1. The highest BCUT2D eigenvalue weighted by molar-refractivity contribution is 9.10. The van der Waals surface area contributed by atoms with Crippen LogP contribution < -0.4 is 15.2 Å². The molecule has 2 N–H and O–H groups in total. The maximum atomic E-state index is 12.2. The number of hydrogen-bond acceptors (Lipinski definition) is 9. The molecular weight excluding hydrogens is 532 g/mol. The quantitative estimate of drug-likeness (QED) is 0.488. The molecule has 10 nitrogen and oxygen atoms in total. The fourth-order valence-corrected chi connectivity index (χ4v) is 6.77. The Bertz CT molecular complexity index is 1270. The maximum absolute atomic E-state index is 12.2. The van der Waals surface area contributed by atoms with Crippen LogP contribution in [0.1, 0.15) is 25.7 Å². The second-order valence-corrected chi connectivity index (χ2v) is 11.9.